The van der Waals surface area contributed by atoms with E-state index < -0.39 is 0 Å². The van der Waals surface area contributed by atoms with Crippen LogP contribution in [0, 0.1) is 17.8 Å². The van der Waals surface area contributed by atoms with Crippen molar-refractivity contribution in [1.82, 2.24) is 0 Å². The Morgan fingerprint density at radius 2 is 2.17 bits per heavy atom. The van der Waals surface area contributed by atoms with Gasteiger partial charge in [-0.3, -0.25) is 9.59 Å². The molecule has 0 aromatic rings. The van der Waals surface area contributed by atoms with Gasteiger partial charge in [-0.2, -0.15) is 0 Å². The first-order valence-corrected chi connectivity index (χ1v) is 4.39. The summed E-state index contributed by atoms with van der Waals surface area (Å²) in [6.07, 6.45) is 1.45. The Labute approximate surface area is 71.1 Å². The standard InChI is InChI=1S/C9H12O3/c1-5-7(10)4-6-2-3-12-9(11)8(5)6/h5-6,8H,2-4H2,1H3/t5-,6-,8+/m0/s1. The van der Waals surface area contributed by atoms with Crippen LogP contribution in [-0.4, -0.2) is 18.4 Å². The lowest BCUT2D eigenvalue weighted by molar-refractivity contribution is -0.157. The number of carbonyl (C=O) groups excluding carboxylic acids is 2. The Bertz CT molecular complexity index is 234. The van der Waals surface area contributed by atoms with Gasteiger partial charge in [0.05, 0.1) is 12.5 Å². The zero-order chi connectivity index (χ0) is 8.72. The topological polar surface area (TPSA) is 43.4 Å². The first-order valence-electron chi connectivity index (χ1n) is 4.39. The Balaban J connectivity index is 2.23. The second kappa shape index (κ2) is 2.57. The van der Waals surface area contributed by atoms with Gasteiger partial charge in [-0.15, -0.1) is 0 Å². The van der Waals surface area contributed by atoms with E-state index in [-0.39, 0.29) is 29.5 Å². The van der Waals surface area contributed by atoms with Crippen LogP contribution in [0.2, 0.25) is 0 Å². The molecule has 0 N–H and O–H groups in total. The minimum absolute atomic E-state index is 0.109. The number of rotatable bonds is 0. The largest absolute Gasteiger partial charge is 0.465 e. The summed E-state index contributed by atoms with van der Waals surface area (Å²) in [7, 11) is 0. The van der Waals surface area contributed by atoms with Crippen LogP contribution in [0.15, 0.2) is 0 Å². The minimum Gasteiger partial charge on any atom is -0.465 e. The number of hydrogen-bond donors (Lipinski definition) is 0. The van der Waals surface area contributed by atoms with Crippen LogP contribution in [0.1, 0.15) is 19.8 Å². The molecule has 0 aromatic heterocycles. The van der Waals surface area contributed by atoms with Crippen LogP contribution < -0.4 is 0 Å². The number of hydrogen-bond acceptors (Lipinski definition) is 3. The molecule has 2 aliphatic rings. The van der Waals surface area contributed by atoms with Crippen molar-refractivity contribution in [2.45, 2.75) is 19.8 Å². The van der Waals surface area contributed by atoms with Crippen molar-refractivity contribution in [2.24, 2.45) is 17.8 Å². The van der Waals surface area contributed by atoms with Crippen LogP contribution in [0.5, 0.6) is 0 Å². The van der Waals surface area contributed by atoms with E-state index in [4.69, 9.17) is 4.74 Å². The third kappa shape index (κ3) is 0.958. The molecule has 1 aliphatic carbocycles. The molecule has 1 saturated carbocycles. The predicted octanol–water partition coefficient (Wildman–Crippen LogP) is 0.775. The lowest BCUT2D eigenvalue weighted by Gasteiger charge is -2.25. The van der Waals surface area contributed by atoms with Gasteiger partial charge in [0.2, 0.25) is 0 Å². The lowest BCUT2D eigenvalue weighted by atomic mass is 9.87. The maximum absolute atomic E-state index is 11.3. The average molecular weight is 168 g/mol. The van der Waals surface area contributed by atoms with E-state index in [2.05, 4.69) is 0 Å². The van der Waals surface area contributed by atoms with Crippen LogP contribution in [-0.2, 0) is 14.3 Å². The van der Waals surface area contributed by atoms with E-state index >= 15 is 0 Å². The van der Waals surface area contributed by atoms with Crippen molar-refractivity contribution in [3.05, 3.63) is 0 Å². The molecular weight excluding hydrogens is 156 g/mol. The fourth-order valence-electron chi connectivity index (χ4n) is 2.27. The highest BCUT2D eigenvalue weighted by Gasteiger charge is 2.46. The van der Waals surface area contributed by atoms with Crippen molar-refractivity contribution in [2.75, 3.05) is 6.61 Å². The van der Waals surface area contributed by atoms with Crippen molar-refractivity contribution in [3.8, 4) is 0 Å². The molecule has 0 spiro atoms. The SMILES string of the molecule is C[C@H]1C(=O)C[C@@H]2CCOC(=O)[C@@H]21. The fraction of sp³-hybridized carbons (Fsp3) is 0.778. The van der Waals surface area contributed by atoms with Crippen LogP contribution in [0.4, 0.5) is 0 Å². The number of ether oxygens (including phenoxy) is 1. The maximum atomic E-state index is 11.3. The number of cyclic esters (lactones) is 1. The molecule has 1 heterocycles. The van der Waals surface area contributed by atoms with Crippen LogP contribution >= 0.6 is 0 Å². The first kappa shape index (κ1) is 7.77. The van der Waals surface area contributed by atoms with E-state index in [0.29, 0.717) is 13.0 Å². The molecule has 0 aromatic carbocycles. The van der Waals surface area contributed by atoms with E-state index in [0.717, 1.165) is 6.42 Å². The van der Waals surface area contributed by atoms with Crippen molar-refractivity contribution in [3.63, 3.8) is 0 Å². The molecule has 0 unspecified atom stereocenters. The van der Waals surface area contributed by atoms with Gasteiger partial charge in [-0.1, -0.05) is 6.92 Å². The van der Waals surface area contributed by atoms with Gasteiger partial charge in [-0.05, 0) is 12.3 Å². The monoisotopic (exact) mass is 168 g/mol. The van der Waals surface area contributed by atoms with E-state index in [9.17, 15) is 9.59 Å². The zero-order valence-electron chi connectivity index (χ0n) is 7.08. The molecule has 1 aliphatic heterocycles. The fourth-order valence-corrected chi connectivity index (χ4v) is 2.27. The molecule has 3 nitrogen and oxygen atoms in total. The number of esters is 1. The maximum Gasteiger partial charge on any atom is 0.309 e. The smallest absolute Gasteiger partial charge is 0.309 e. The van der Waals surface area contributed by atoms with Crippen LogP contribution in [0.3, 0.4) is 0 Å². The number of ketones is 1. The second-order valence-corrected chi connectivity index (χ2v) is 3.70. The summed E-state index contributed by atoms with van der Waals surface area (Å²) in [5.41, 5.74) is 0. The van der Waals surface area contributed by atoms with Gasteiger partial charge in [-0.25, -0.2) is 0 Å². The summed E-state index contributed by atoms with van der Waals surface area (Å²) in [4.78, 5) is 22.5. The molecular formula is C9H12O3. The number of fused-ring (bicyclic) bond motifs is 1. The molecule has 3 heteroatoms. The molecule has 3 atom stereocenters. The third-order valence-electron chi connectivity index (χ3n) is 3.02. The van der Waals surface area contributed by atoms with Crippen molar-refractivity contribution >= 4 is 11.8 Å². The van der Waals surface area contributed by atoms with E-state index in [1.54, 1.807) is 0 Å². The Morgan fingerprint density at radius 1 is 1.42 bits per heavy atom. The van der Waals surface area contributed by atoms with Gasteiger partial charge in [0, 0.05) is 12.3 Å². The molecule has 0 bridgehead atoms. The average Bonchev–Trinajstić information content (AvgIpc) is 2.29. The highest BCUT2D eigenvalue weighted by molar-refractivity contribution is 5.90. The summed E-state index contributed by atoms with van der Waals surface area (Å²) in [5, 5.41) is 0. The summed E-state index contributed by atoms with van der Waals surface area (Å²) < 4.78 is 4.92. The molecule has 1 saturated heterocycles. The molecule has 66 valence electrons. The lowest BCUT2D eigenvalue weighted by Crippen LogP contribution is -2.32. The predicted molar refractivity (Wildman–Crippen MR) is 41.3 cm³/mol. The molecule has 0 radical (unpaired) electrons. The van der Waals surface area contributed by atoms with Crippen LogP contribution in [0.25, 0.3) is 0 Å². The summed E-state index contributed by atoms with van der Waals surface area (Å²) in [6.45, 7) is 2.33. The number of carbonyl (C=O) groups is 2. The number of Topliss-reactive ketones (excluding diaryl/α,β-unsaturated/α-hetero) is 1. The second-order valence-electron chi connectivity index (χ2n) is 3.70. The van der Waals surface area contributed by atoms with Gasteiger partial charge < -0.3 is 4.74 Å². The zero-order valence-corrected chi connectivity index (χ0v) is 7.08. The van der Waals surface area contributed by atoms with Gasteiger partial charge in [0.25, 0.3) is 0 Å². The van der Waals surface area contributed by atoms with E-state index in [1.165, 1.54) is 0 Å². The molecule has 0 amide bonds. The highest BCUT2D eigenvalue weighted by Crippen LogP contribution is 2.39. The van der Waals surface area contributed by atoms with Gasteiger partial charge in [0.1, 0.15) is 5.78 Å². The van der Waals surface area contributed by atoms with Gasteiger partial charge in [0.15, 0.2) is 0 Å². The quantitative estimate of drug-likeness (QED) is 0.502. The Morgan fingerprint density at radius 3 is 2.83 bits per heavy atom. The Hall–Kier alpha value is -0.860. The highest BCUT2D eigenvalue weighted by atomic mass is 16.5. The minimum atomic E-state index is -0.162. The summed E-state index contributed by atoms with van der Waals surface area (Å²) >= 11 is 0. The molecule has 2 rings (SSSR count). The normalized spacial score (nSPS) is 40.9. The molecule has 2 fully saturated rings. The van der Waals surface area contributed by atoms with E-state index in [1.807, 2.05) is 6.92 Å². The third-order valence-corrected chi connectivity index (χ3v) is 3.02. The van der Waals surface area contributed by atoms with Crippen molar-refractivity contribution < 1.29 is 14.3 Å². The van der Waals surface area contributed by atoms with Gasteiger partial charge >= 0.3 is 5.97 Å². The summed E-state index contributed by atoms with van der Waals surface area (Å²) in [6, 6.07) is 0. The summed E-state index contributed by atoms with van der Waals surface area (Å²) in [5.74, 6) is 0.0938. The first-order chi connectivity index (χ1) is 5.70. The van der Waals surface area contributed by atoms with Crippen molar-refractivity contribution in [1.29, 1.82) is 0 Å². The molecule has 12 heavy (non-hydrogen) atoms. The Kier molecular flexibility index (Phi) is 1.67.